The van der Waals surface area contributed by atoms with Crippen molar-refractivity contribution in [3.63, 3.8) is 0 Å². The lowest BCUT2D eigenvalue weighted by atomic mass is 10.1. The van der Waals surface area contributed by atoms with E-state index >= 15 is 0 Å². The summed E-state index contributed by atoms with van der Waals surface area (Å²) in [5, 5.41) is 3.08. The molecule has 0 spiro atoms. The number of carbonyl (C=O) groups is 2. The van der Waals surface area contributed by atoms with Gasteiger partial charge in [0, 0.05) is 16.3 Å². The van der Waals surface area contributed by atoms with Crippen molar-refractivity contribution in [3.05, 3.63) is 100 Å². The summed E-state index contributed by atoms with van der Waals surface area (Å²) >= 11 is 6.19. The molecule has 0 atom stereocenters. The SMILES string of the molecule is Cc1ccc(C(=O)OCc2cc(NC(=O)OCc3ccccc3)ccc2Cl)cc1. The molecule has 0 saturated heterocycles. The molecule has 0 saturated carbocycles. The van der Waals surface area contributed by atoms with Crippen LogP contribution < -0.4 is 5.32 Å². The molecule has 0 aliphatic rings. The van der Waals surface area contributed by atoms with E-state index in [1.807, 2.05) is 49.4 Å². The predicted molar refractivity (Wildman–Crippen MR) is 112 cm³/mol. The number of amides is 1. The third-order valence-corrected chi connectivity index (χ3v) is 4.52. The fraction of sp³-hybridized carbons (Fsp3) is 0.130. The molecule has 0 fully saturated rings. The molecular formula is C23H20ClNO4. The van der Waals surface area contributed by atoms with Crippen molar-refractivity contribution < 1.29 is 19.1 Å². The second-order valence-electron chi connectivity index (χ2n) is 6.44. The van der Waals surface area contributed by atoms with E-state index in [1.54, 1.807) is 30.3 Å². The number of rotatable bonds is 6. The molecule has 0 heterocycles. The minimum Gasteiger partial charge on any atom is -0.457 e. The van der Waals surface area contributed by atoms with Gasteiger partial charge in [-0.3, -0.25) is 5.32 Å². The number of esters is 1. The predicted octanol–water partition coefficient (Wildman–Crippen LogP) is 5.75. The summed E-state index contributed by atoms with van der Waals surface area (Å²) in [6, 6.07) is 21.4. The molecule has 0 unspecified atom stereocenters. The number of ether oxygens (including phenoxy) is 2. The number of benzene rings is 3. The Labute approximate surface area is 174 Å². The van der Waals surface area contributed by atoms with E-state index in [0.717, 1.165) is 11.1 Å². The molecule has 6 heteroatoms. The van der Waals surface area contributed by atoms with Crippen molar-refractivity contribution in [1.29, 1.82) is 0 Å². The molecule has 0 aliphatic heterocycles. The third kappa shape index (κ3) is 6.09. The van der Waals surface area contributed by atoms with Gasteiger partial charge in [0.15, 0.2) is 0 Å². The van der Waals surface area contributed by atoms with Gasteiger partial charge in [0.25, 0.3) is 0 Å². The van der Waals surface area contributed by atoms with E-state index in [4.69, 9.17) is 21.1 Å². The summed E-state index contributed by atoms with van der Waals surface area (Å²) in [6.45, 7) is 2.10. The standard InChI is InChI=1S/C23H20ClNO4/c1-16-7-9-18(10-8-16)22(26)28-15-19-13-20(11-12-21(19)24)25-23(27)29-14-17-5-3-2-4-6-17/h2-13H,14-15H2,1H3,(H,25,27). The van der Waals surface area contributed by atoms with Crippen LogP contribution in [0.4, 0.5) is 10.5 Å². The highest BCUT2D eigenvalue weighted by atomic mass is 35.5. The summed E-state index contributed by atoms with van der Waals surface area (Å²) in [6.07, 6.45) is -0.584. The topological polar surface area (TPSA) is 64.6 Å². The molecule has 5 nitrogen and oxygen atoms in total. The molecule has 0 radical (unpaired) electrons. The van der Waals surface area contributed by atoms with Crippen LogP contribution in [0.1, 0.15) is 27.0 Å². The minimum atomic E-state index is -0.584. The zero-order chi connectivity index (χ0) is 20.6. The summed E-state index contributed by atoms with van der Waals surface area (Å²) in [5.74, 6) is -0.443. The quantitative estimate of drug-likeness (QED) is 0.526. The number of carbonyl (C=O) groups excluding carboxylic acids is 2. The van der Waals surface area contributed by atoms with Gasteiger partial charge in [-0.1, -0.05) is 59.6 Å². The van der Waals surface area contributed by atoms with Crippen LogP contribution in [0.25, 0.3) is 0 Å². The maximum Gasteiger partial charge on any atom is 0.411 e. The fourth-order valence-electron chi connectivity index (χ4n) is 2.56. The normalized spacial score (nSPS) is 10.3. The molecule has 0 aromatic heterocycles. The van der Waals surface area contributed by atoms with Crippen LogP contribution in [0, 0.1) is 6.92 Å². The minimum absolute atomic E-state index is 0.0138. The maximum atomic E-state index is 12.2. The van der Waals surface area contributed by atoms with Crippen molar-refractivity contribution in [2.45, 2.75) is 20.1 Å². The van der Waals surface area contributed by atoms with Gasteiger partial charge < -0.3 is 9.47 Å². The van der Waals surface area contributed by atoms with E-state index < -0.39 is 12.1 Å². The second kappa shape index (κ2) is 9.75. The number of nitrogens with one attached hydrogen (secondary N) is 1. The first-order chi connectivity index (χ1) is 14.0. The summed E-state index contributed by atoms with van der Waals surface area (Å²) in [7, 11) is 0. The highest BCUT2D eigenvalue weighted by Crippen LogP contribution is 2.22. The van der Waals surface area contributed by atoms with E-state index in [2.05, 4.69) is 5.32 Å². The summed E-state index contributed by atoms with van der Waals surface area (Å²) in [5.41, 5.74) is 3.48. The monoisotopic (exact) mass is 409 g/mol. The largest absolute Gasteiger partial charge is 0.457 e. The van der Waals surface area contributed by atoms with Crippen LogP contribution in [0.3, 0.4) is 0 Å². The molecular weight excluding hydrogens is 390 g/mol. The van der Waals surface area contributed by atoms with Crippen LogP contribution >= 0.6 is 11.6 Å². The Hall–Kier alpha value is -3.31. The van der Waals surface area contributed by atoms with Crippen molar-refractivity contribution in [2.75, 3.05) is 5.32 Å². The summed E-state index contributed by atoms with van der Waals surface area (Å²) in [4.78, 5) is 24.2. The average molecular weight is 410 g/mol. The number of hydrogen-bond donors (Lipinski definition) is 1. The Balaban J connectivity index is 1.56. The zero-order valence-electron chi connectivity index (χ0n) is 15.9. The van der Waals surface area contributed by atoms with E-state index in [0.29, 0.717) is 21.8 Å². The van der Waals surface area contributed by atoms with Gasteiger partial charge in [-0.25, -0.2) is 9.59 Å². The Kier molecular flexibility index (Phi) is 6.87. The lowest BCUT2D eigenvalue weighted by Gasteiger charge is -2.11. The molecule has 1 amide bonds. The molecule has 0 bridgehead atoms. The number of anilines is 1. The third-order valence-electron chi connectivity index (χ3n) is 4.15. The van der Waals surface area contributed by atoms with Gasteiger partial charge in [-0.05, 0) is 42.8 Å². The first kappa shape index (κ1) is 20.4. The van der Waals surface area contributed by atoms with Crippen LogP contribution in [0.15, 0.2) is 72.8 Å². The lowest BCUT2D eigenvalue weighted by Crippen LogP contribution is -2.14. The van der Waals surface area contributed by atoms with Crippen LogP contribution in [-0.4, -0.2) is 12.1 Å². The van der Waals surface area contributed by atoms with Gasteiger partial charge in [0.2, 0.25) is 0 Å². The Morgan fingerprint density at radius 2 is 1.62 bits per heavy atom. The Bertz CT molecular complexity index is 988. The van der Waals surface area contributed by atoms with Crippen LogP contribution in [0.5, 0.6) is 0 Å². The fourth-order valence-corrected chi connectivity index (χ4v) is 2.73. The zero-order valence-corrected chi connectivity index (χ0v) is 16.6. The molecule has 3 aromatic carbocycles. The molecule has 3 aromatic rings. The van der Waals surface area contributed by atoms with Gasteiger partial charge in [-0.15, -0.1) is 0 Å². The highest BCUT2D eigenvalue weighted by Gasteiger charge is 2.11. The van der Waals surface area contributed by atoms with E-state index in [1.165, 1.54) is 0 Å². The van der Waals surface area contributed by atoms with Gasteiger partial charge in [0.05, 0.1) is 5.56 Å². The summed E-state index contributed by atoms with van der Waals surface area (Å²) < 4.78 is 10.5. The maximum absolute atomic E-state index is 12.2. The number of halogens is 1. The van der Waals surface area contributed by atoms with Crippen molar-refractivity contribution in [3.8, 4) is 0 Å². The molecule has 1 N–H and O–H groups in total. The van der Waals surface area contributed by atoms with Gasteiger partial charge >= 0.3 is 12.1 Å². The van der Waals surface area contributed by atoms with Crippen LogP contribution in [-0.2, 0) is 22.7 Å². The van der Waals surface area contributed by atoms with Crippen molar-refractivity contribution in [2.24, 2.45) is 0 Å². The van der Waals surface area contributed by atoms with E-state index in [-0.39, 0.29) is 13.2 Å². The average Bonchev–Trinajstić information content (AvgIpc) is 2.73. The van der Waals surface area contributed by atoms with Crippen molar-refractivity contribution >= 4 is 29.4 Å². The Morgan fingerprint density at radius 1 is 0.897 bits per heavy atom. The van der Waals surface area contributed by atoms with Gasteiger partial charge in [0.1, 0.15) is 13.2 Å². The molecule has 3 rings (SSSR count). The molecule has 148 valence electrons. The molecule has 29 heavy (non-hydrogen) atoms. The van der Waals surface area contributed by atoms with E-state index in [9.17, 15) is 9.59 Å². The lowest BCUT2D eigenvalue weighted by molar-refractivity contribution is 0.0473. The smallest absolute Gasteiger partial charge is 0.411 e. The van der Waals surface area contributed by atoms with Crippen LogP contribution in [0.2, 0.25) is 5.02 Å². The Morgan fingerprint density at radius 3 is 2.34 bits per heavy atom. The highest BCUT2D eigenvalue weighted by molar-refractivity contribution is 6.31. The second-order valence-corrected chi connectivity index (χ2v) is 6.84. The number of hydrogen-bond acceptors (Lipinski definition) is 4. The van der Waals surface area contributed by atoms with Gasteiger partial charge in [-0.2, -0.15) is 0 Å². The first-order valence-electron chi connectivity index (χ1n) is 9.01. The number of aryl methyl sites for hydroxylation is 1. The molecule has 0 aliphatic carbocycles. The van der Waals surface area contributed by atoms with Crippen molar-refractivity contribution in [1.82, 2.24) is 0 Å². The first-order valence-corrected chi connectivity index (χ1v) is 9.39.